The van der Waals surface area contributed by atoms with Crippen molar-refractivity contribution < 1.29 is 4.79 Å². The number of carbonyl (C=O) groups is 1. The molecule has 1 aliphatic heterocycles. The van der Waals surface area contributed by atoms with Crippen LogP contribution in [0.15, 0.2) is 72.8 Å². The largest absolute Gasteiger partial charge is 0.327 e. The van der Waals surface area contributed by atoms with Gasteiger partial charge in [0.1, 0.15) is 0 Å². The van der Waals surface area contributed by atoms with Crippen LogP contribution >= 0.6 is 11.6 Å². The van der Waals surface area contributed by atoms with Gasteiger partial charge in [0.05, 0.1) is 6.04 Å². The van der Waals surface area contributed by atoms with Crippen LogP contribution in [0.25, 0.3) is 0 Å². The summed E-state index contributed by atoms with van der Waals surface area (Å²) < 4.78 is 0. The van der Waals surface area contributed by atoms with Gasteiger partial charge in [-0.3, -0.25) is 4.79 Å². The van der Waals surface area contributed by atoms with Crippen molar-refractivity contribution in [2.45, 2.75) is 19.4 Å². The molecule has 0 spiro atoms. The molecular weight excluding hydrogens is 342 g/mol. The lowest BCUT2D eigenvalue weighted by Gasteiger charge is -2.38. The van der Waals surface area contributed by atoms with Crippen LogP contribution < -0.4 is 0 Å². The second kappa shape index (κ2) is 6.97. The molecule has 3 aromatic carbocycles. The second-order valence-corrected chi connectivity index (χ2v) is 7.15. The van der Waals surface area contributed by atoms with E-state index in [1.165, 1.54) is 11.1 Å². The van der Waals surface area contributed by atoms with Crippen LogP contribution in [0, 0.1) is 6.92 Å². The van der Waals surface area contributed by atoms with E-state index < -0.39 is 0 Å². The minimum Gasteiger partial charge on any atom is -0.327 e. The Bertz CT molecular complexity index is 948. The average Bonchev–Trinajstić information content (AvgIpc) is 2.68. The third-order valence-electron chi connectivity index (χ3n) is 5.11. The molecule has 0 fully saturated rings. The van der Waals surface area contributed by atoms with E-state index in [1.54, 1.807) is 0 Å². The number of aryl methyl sites for hydroxylation is 1. The Labute approximate surface area is 159 Å². The van der Waals surface area contributed by atoms with E-state index in [0.717, 1.165) is 23.1 Å². The lowest BCUT2D eigenvalue weighted by Crippen LogP contribution is -2.40. The van der Waals surface area contributed by atoms with Gasteiger partial charge in [-0.15, -0.1) is 0 Å². The molecule has 0 aliphatic carbocycles. The number of carbonyl (C=O) groups excluding carboxylic acids is 1. The van der Waals surface area contributed by atoms with Gasteiger partial charge >= 0.3 is 0 Å². The summed E-state index contributed by atoms with van der Waals surface area (Å²) in [5.74, 6) is 0.0811. The van der Waals surface area contributed by atoms with Crippen LogP contribution in [0.5, 0.6) is 0 Å². The summed E-state index contributed by atoms with van der Waals surface area (Å²) in [7, 11) is 0. The van der Waals surface area contributed by atoms with Crippen LogP contribution in [0.2, 0.25) is 5.02 Å². The second-order valence-electron chi connectivity index (χ2n) is 6.72. The van der Waals surface area contributed by atoms with Gasteiger partial charge in [-0.1, -0.05) is 66.2 Å². The minimum absolute atomic E-state index is 0.0811. The molecule has 1 unspecified atom stereocenters. The molecule has 0 bridgehead atoms. The molecule has 130 valence electrons. The third-order valence-corrected chi connectivity index (χ3v) is 5.36. The molecule has 0 N–H and O–H groups in total. The standard InChI is InChI=1S/C23H20ClNO/c1-16-6-2-4-8-20(16)23(26)25-15-14-17-7-3-5-9-21(17)22(25)18-10-12-19(24)13-11-18/h2-13,22H,14-15H2,1H3. The fourth-order valence-corrected chi connectivity index (χ4v) is 3.88. The first-order chi connectivity index (χ1) is 12.6. The summed E-state index contributed by atoms with van der Waals surface area (Å²) in [6.45, 7) is 2.69. The van der Waals surface area contributed by atoms with E-state index in [0.29, 0.717) is 11.6 Å². The molecule has 3 aromatic rings. The maximum absolute atomic E-state index is 13.4. The normalized spacial score (nSPS) is 16.2. The Kier molecular flexibility index (Phi) is 4.52. The van der Waals surface area contributed by atoms with E-state index >= 15 is 0 Å². The van der Waals surface area contributed by atoms with Gasteiger partial charge in [0, 0.05) is 17.1 Å². The Morgan fingerprint density at radius 3 is 2.42 bits per heavy atom. The van der Waals surface area contributed by atoms with Gasteiger partial charge < -0.3 is 4.90 Å². The highest BCUT2D eigenvalue weighted by Crippen LogP contribution is 2.36. The Morgan fingerprint density at radius 1 is 0.962 bits per heavy atom. The number of hydrogen-bond donors (Lipinski definition) is 0. The number of hydrogen-bond acceptors (Lipinski definition) is 1. The molecule has 0 aromatic heterocycles. The highest BCUT2D eigenvalue weighted by atomic mass is 35.5. The monoisotopic (exact) mass is 361 g/mol. The van der Waals surface area contributed by atoms with Crippen LogP contribution in [0.3, 0.4) is 0 Å². The summed E-state index contributed by atoms with van der Waals surface area (Å²) >= 11 is 6.09. The number of halogens is 1. The zero-order chi connectivity index (χ0) is 18.1. The molecule has 4 rings (SSSR count). The van der Waals surface area contributed by atoms with E-state index in [-0.39, 0.29) is 11.9 Å². The van der Waals surface area contributed by atoms with Crippen LogP contribution in [-0.2, 0) is 6.42 Å². The molecule has 1 atom stereocenters. The van der Waals surface area contributed by atoms with Gasteiger partial charge in [-0.05, 0) is 53.8 Å². The average molecular weight is 362 g/mol. The topological polar surface area (TPSA) is 20.3 Å². The summed E-state index contributed by atoms with van der Waals surface area (Å²) in [6, 6.07) is 23.9. The van der Waals surface area contributed by atoms with Gasteiger partial charge in [0.15, 0.2) is 0 Å². The van der Waals surface area contributed by atoms with Gasteiger partial charge in [-0.2, -0.15) is 0 Å². The third kappa shape index (κ3) is 3.02. The molecule has 2 nitrogen and oxygen atoms in total. The zero-order valence-electron chi connectivity index (χ0n) is 14.7. The van der Waals surface area contributed by atoms with Crippen molar-refractivity contribution in [2.75, 3.05) is 6.54 Å². The number of benzene rings is 3. The van der Waals surface area contributed by atoms with Crippen molar-refractivity contribution in [2.24, 2.45) is 0 Å². The first-order valence-electron chi connectivity index (χ1n) is 8.85. The molecular formula is C23H20ClNO. The molecule has 3 heteroatoms. The number of rotatable bonds is 2. The van der Waals surface area contributed by atoms with Crippen LogP contribution in [-0.4, -0.2) is 17.4 Å². The Hall–Kier alpha value is -2.58. The van der Waals surface area contributed by atoms with Crippen molar-refractivity contribution in [3.8, 4) is 0 Å². The van der Waals surface area contributed by atoms with Crippen molar-refractivity contribution in [1.29, 1.82) is 0 Å². The highest BCUT2D eigenvalue weighted by Gasteiger charge is 2.32. The summed E-state index contributed by atoms with van der Waals surface area (Å²) in [5.41, 5.74) is 5.37. The molecule has 26 heavy (non-hydrogen) atoms. The highest BCUT2D eigenvalue weighted by molar-refractivity contribution is 6.30. The zero-order valence-corrected chi connectivity index (χ0v) is 15.4. The summed E-state index contributed by atoms with van der Waals surface area (Å²) in [6.07, 6.45) is 0.873. The molecule has 1 amide bonds. The molecule has 0 saturated heterocycles. The predicted molar refractivity (Wildman–Crippen MR) is 106 cm³/mol. The van der Waals surface area contributed by atoms with E-state index in [9.17, 15) is 4.79 Å². The lowest BCUT2D eigenvalue weighted by molar-refractivity contribution is 0.0694. The predicted octanol–water partition coefficient (Wildman–Crippen LogP) is 5.44. The summed E-state index contributed by atoms with van der Waals surface area (Å²) in [5, 5.41) is 0.703. The van der Waals surface area contributed by atoms with Crippen molar-refractivity contribution in [3.05, 3.63) is 106 Å². The molecule has 1 aliphatic rings. The summed E-state index contributed by atoms with van der Waals surface area (Å²) in [4.78, 5) is 15.4. The van der Waals surface area contributed by atoms with Crippen molar-refractivity contribution in [3.63, 3.8) is 0 Å². The van der Waals surface area contributed by atoms with Crippen LogP contribution in [0.1, 0.15) is 38.7 Å². The Morgan fingerprint density at radius 2 is 1.65 bits per heavy atom. The smallest absolute Gasteiger partial charge is 0.254 e. The van der Waals surface area contributed by atoms with Gasteiger partial charge in [0.2, 0.25) is 0 Å². The van der Waals surface area contributed by atoms with Crippen LogP contribution in [0.4, 0.5) is 0 Å². The first kappa shape index (κ1) is 16.9. The quantitative estimate of drug-likeness (QED) is 0.595. The van der Waals surface area contributed by atoms with Crippen molar-refractivity contribution in [1.82, 2.24) is 4.90 Å². The van der Waals surface area contributed by atoms with Gasteiger partial charge in [-0.25, -0.2) is 0 Å². The van der Waals surface area contributed by atoms with Gasteiger partial charge in [0.25, 0.3) is 5.91 Å². The van der Waals surface area contributed by atoms with E-state index in [1.807, 2.05) is 66.4 Å². The minimum atomic E-state index is -0.0932. The molecule has 0 radical (unpaired) electrons. The van der Waals surface area contributed by atoms with Crippen molar-refractivity contribution >= 4 is 17.5 Å². The molecule has 0 saturated carbocycles. The Balaban J connectivity index is 1.82. The number of fused-ring (bicyclic) bond motifs is 1. The molecule has 1 heterocycles. The fourth-order valence-electron chi connectivity index (χ4n) is 3.76. The maximum Gasteiger partial charge on any atom is 0.254 e. The fraction of sp³-hybridized carbons (Fsp3) is 0.174. The maximum atomic E-state index is 13.4. The first-order valence-corrected chi connectivity index (χ1v) is 9.23. The van der Waals surface area contributed by atoms with E-state index in [2.05, 4.69) is 18.2 Å². The van der Waals surface area contributed by atoms with E-state index in [4.69, 9.17) is 11.6 Å². The lowest BCUT2D eigenvalue weighted by atomic mass is 9.87. The number of nitrogens with zero attached hydrogens (tertiary/aromatic N) is 1. The number of amides is 1. The SMILES string of the molecule is Cc1ccccc1C(=O)N1CCc2ccccc2C1c1ccc(Cl)cc1.